The number of amides is 1. The van der Waals surface area contributed by atoms with E-state index in [2.05, 4.69) is 11.2 Å². The average molecular weight is 331 g/mol. The molecule has 24 heavy (non-hydrogen) atoms. The predicted octanol–water partition coefficient (Wildman–Crippen LogP) is 2.59. The lowest BCUT2D eigenvalue weighted by Crippen LogP contribution is -2.32. The van der Waals surface area contributed by atoms with Gasteiger partial charge in [-0.25, -0.2) is 0 Å². The number of rotatable bonds is 5. The minimum atomic E-state index is -0.906. The molecule has 130 valence electrons. The largest absolute Gasteiger partial charge is 0.481 e. The smallest absolute Gasteiger partial charge is 0.309 e. The van der Waals surface area contributed by atoms with Crippen molar-refractivity contribution < 1.29 is 14.7 Å². The molecule has 1 amide bonds. The maximum atomic E-state index is 12.5. The van der Waals surface area contributed by atoms with Crippen molar-refractivity contribution in [3.8, 4) is 0 Å². The molecule has 0 spiro atoms. The Hall–Kier alpha value is -2.11. The lowest BCUT2D eigenvalue weighted by atomic mass is 9.93. The van der Waals surface area contributed by atoms with E-state index in [-0.39, 0.29) is 12.3 Å². The van der Waals surface area contributed by atoms with Crippen molar-refractivity contribution in [2.24, 2.45) is 13.0 Å². The van der Waals surface area contributed by atoms with Crippen molar-refractivity contribution in [3.05, 3.63) is 29.1 Å². The second-order valence-corrected chi connectivity index (χ2v) is 6.85. The van der Waals surface area contributed by atoms with Crippen LogP contribution in [0.25, 0.3) is 0 Å². The van der Waals surface area contributed by atoms with Gasteiger partial charge in [0.15, 0.2) is 0 Å². The zero-order chi connectivity index (χ0) is 17.3. The number of carboxylic acids is 1. The van der Waals surface area contributed by atoms with Crippen LogP contribution in [0.2, 0.25) is 0 Å². The van der Waals surface area contributed by atoms with Gasteiger partial charge in [-0.05, 0) is 39.0 Å². The topological polar surface area (TPSA) is 75.4 Å². The standard InChI is InChI=1S/C18H25N3O3/c1-12-15(11-19-20(12)2)17-14(18(23)24)10-16(22)21(17)9-8-13-6-4-3-5-7-13/h6,11,14,17H,3-5,7-10H2,1-2H3,(H,23,24)/t14-,17-/m0/s1. The molecular formula is C18H25N3O3. The third-order valence-corrected chi connectivity index (χ3v) is 5.40. The summed E-state index contributed by atoms with van der Waals surface area (Å²) in [5, 5.41) is 13.8. The average Bonchev–Trinajstić information content (AvgIpc) is 3.07. The van der Waals surface area contributed by atoms with Gasteiger partial charge < -0.3 is 10.0 Å². The zero-order valence-electron chi connectivity index (χ0n) is 14.4. The Morgan fingerprint density at radius 2 is 2.21 bits per heavy atom. The summed E-state index contributed by atoms with van der Waals surface area (Å²) in [4.78, 5) is 25.9. The highest BCUT2D eigenvalue weighted by Gasteiger charge is 2.45. The summed E-state index contributed by atoms with van der Waals surface area (Å²) in [5.41, 5.74) is 3.17. The second kappa shape index (κ2) is 6.79. The van der Waals surface area contributed by atoms with Gasteiger partial charge in [0.2, 0.25) is 5.91 Å². The molecule has 0 bridgehead atoms. The number of hydrogen-bond acceptors (Lipinski definition) is 3. The van der Waals surface area contributed by atoms with Crippen LogP contribution in [0.1, 0.15) is 55.8 Å². The number of nitrogens with zero attached hydrogens (tertiary/aromatic N) is 3. The van der Waals surface area contributed by atoms with Crippen LogP contribution in [-0.4, -0.2) is 38.2 Å². The van der Waals surface area contributed by atoms with Crippen molar-refractivity contribution in [2.75, 3.05) is 6.54 Å². The van der Waals surface area contributed by atoms with E-state index in [1.54, 1.807) is 15.8 Å². The first-order chi connectivity index (χ1) is 11.5. The summed E-state index contributed by atoms with van der Waals surface area (Å²) in [5.74, 6) is -1.66. The van der Waals surface area contributed by atoms with Gasteiger partial charge >= 0.3 is 5.97 Å². The summed E-state index contributed by atoms with van der Waals surface area (Å²) in [7, 11) is 1.84. The first-order valence-corrected chi connectivity index (χ1v) is 8.67. The molecule has 6 nitrogen and oxygen atoms in total. The summed E-state index contributed by atoms with van der Waals surface area (Å²) < 4.78 is 1.74. The highest BCUT2D eigenvalue weighted by Crippen LogP contribution is 2.40. The van der Waals surface area contributed by atoms with E-state index >= 15 is 0 Å². The first-order valence-electron chi connectivity index (χ1n) is 8.67. The maximum Gasteiger partial charge on any atom is 0.309 e. The van der Waals surface area contributed by atoms with Crippen molar-refractivity contribution in [2.45, 2.75) is 51.5 Å². The monoisotopic (exact) mass is 331 g/mol. The molecule has 1 saturated heterocycles. The van der Waals surface area contributed by atoms with Crippen LogP contribution in [0.15, 0.2) is 17.8 Å². The van der Waals surface area contributed by atoms with Crippen LogP contribution < -0.4 is 0 Å². The van der Waals surface area contributed by atoms with Gasteiger partial charge in [-0.1, -0.05) is 11.6 Å². The fraction of sp³-hybridized carbons (Fsp3) is 0.611. The van der Waals surface area contributed by atoms with Gasteiger partial charge in [0, 0.05) is 31.3 Å². The SMILES string of the molecule is Cc1c([C@@H]2[C@@H](C(=O)O)CC(=O)N2CCC2=CCCCC2)cnn1C. The molecule has 0 aromatic carbocycles. The summed E-state index contributed by atoms with van der Waals surface area (Å²) in [6.07, 6.45) is 9.58. The quantitative estimate of drug-likeness (QED) is 0.842. The Balaban J connectivity index is 1.84. The van der Waals surface area contributed by atoms with E-state index in [1.807, 2.05) is 14.0 Å². The molecule has 1 aliphatic heterocycles. The lowest BCUT2D eigenvalue weighted by molar-refractivity contribution is -0.142. The lowest BCUT2D eigenvalue weighted by Gasteiger charge is -2.27. The first kappa shape index (κ1) is 16.7. The molecule has 6 heteroatoms. The van der Waals surface area contributed by atoms with Crippen LogP contribution in [0.5, 0.6) is 0 Å². The van der Waals surface area contributed by atoms with Crippen molar-refractivity contribution in [3.63, 3.8) is 0 Å². The van der Waals surface area contributed by atoms with Crippen LogP contribution in [-0.2, 0) is 16.6 Å². The van der Waals surface area contributed by atoms with Crippen molar-refractivity contribution in [1.82, 2.24) is 14.7 Å². The Morgan fingerprint density at radius 1 is 1.42 bits per heavy atom. The number of hydrogen-bond donors (Lipinski definition) is 1. The van der Waals surface area contributed by atoms with E-state index < -0.39 is 17.9 Å². The molecule has 1 N–H and O–H groups in total. The molecule has 0 unspecified atom stereocenters. The van der Waals surface area contributed by atoms with E-state index in [0.717, 1.165) is 30.5 Å². The molecule has 1 aromatic rings. The van der Waals surface area contributed by atoms with Crippen molar-refractivity contribution >= 4 is 11.9 Å². The summed E-state index contributed by atoms with van der Waals surface area (Å²) >= 11 is 0. The number of carbonyl (C=O) groups is 2. The Kier molecular flexibility index (Phi) is 4.73. The third-order valence-electron chi connectivity index (χ3n) is 5.40. The molecule has 2 heterocycles. The number of likely N-dealkylation sites (tertiary alicyclic amines) is 1. The number of aryl methyl sites for hydroxylation is 1. The molecule has 1 aromatic heterocycles. The molecule has 0 saturated carbocycles. The molecule has 2 atom stereocenters. The molecule has 2 aliphatic rings. The highest BCUT2D eigenvalue weighted by molar-refractivity contribution is 5.87. The summed E-state index contributed by atoms with van der Waals surface area (Å²) in [6.45, 7) is 2.51. The predicted molar refractivity (Wildman–Crippen MR) is 89.3 cm³/mol. The van der Waals surface area contributed by atoms with E-state index in [1.165, 1.54) is 18.4 Å². The molecule has 1 aliphatic carbocycles. The molecular weight excluding hydrogens is 306 g/mol. The van der Waals surface area contributed by atoms with E-state index in [4.69, 9.17) is 0 Å². The van der Waals surface area contributed by atoms with Crippen LogP contribution in [0.4, 0.5) is 0 Å². The number of allylic oxidation sites excluding steroid dienone is 1. The molecule has 0 radical (unpaired) electrons. The van der Waals surface area contributed by atoms with Crippen LogP contribution >= 0.6 is 0 Å². The molecule has 1 fully saturated rings. The maximum absolute atomic E-state index is 12.5. The fourth-order valence-corrected chi connectivity index (χ4v) is 3.86. The van der Waals surface area contributed by atoms with E-state index in [9.17, 15) is 14.7 Å². The van der Waals surface area contributed by atoms with Gasteiger partial charge in [-0.2, -0.15) is 5.10 Å². The Morgan fingerprint density at radius 3 is 2.79 bits per heavy atom. The van der Waals surface area contributed by atoms with Gasteiger partial charge in [-0.3, -0.25) is 14.3 Å². The number of carbonyl (C=O) groups excluding carboxylic acids is 1. The van der Waals surface area contributed by atoms with Crippen LogP contribution in [0, 0.1) is 12.8 Å². The van der Waals surface area contributed by atoms with Crippen LogP contribution in [0.3, 0.4) is 0 Å². The minimum absolute atomic E-state index is 0.0629. The summed E-state index contributed by atoms with van der Waals surface area (Å²) in [6, 6.07) is -0.409. The normalized spacial score (nSPS) is 24.3. The molecule has 3 rings (SSSR count). The third kappa shape index (κ3) is 3.09. The van der Waals surface area contributed by atoms with Gasteiger partial charge in [0.25, 0.3) is 0 Å². The number of aromatic nitrogens is 2. The van der Waals surface area contributed by atoms with Crippen molar-refractivity contribution in [1.29, 1.82) is 0 Å². The second-order valence-electron chi connectivity index (χ2n) is 6.85. The highest BCUT2D eigenvalue weighted by atomic mass is 16.4. The minimum Gasteiger partial charge on any atom is -0.481 e. The van der Waals surface area contributed by atoms with Gasteiger partial charge in [0.05, 0.1) is 18.2 Å². The Bertz CT molecular complexity index is 677. The fourth-order valence-electron chi connectivity index (χ4n) is 3.86. The number of carboxylic acid groups (broad SMARTS) is 1. The zero-order valence-corrected chi connectivity index (χ0v) is 14.4. The van der Waals surface area contributed by atoms with Gasteiger partial charge in [0.1, 0.15) is 0 Å². The Labute approximate surface area is 142 Å². The van der Waals surface area contributed by atoms with E-state index in [0.29, 0.717) is 6.54 Å². The van der Waals surface area contributed by atoms with Gasteiger partial charge in [-0.15, -0.1) is 0 Å². The number of aliphatic carboxylic acids is 1.